The Morgan fingerprint density at radius 2 is 1.90 bits per heavy atom. The minimum absolute atomic E-state index is 0.165. The summed E-state index contributed by atoms with van der Waals surface area (Å²) in [6.45, 7) is 0.165. The second kappa shape index (κ2) is 7.19. The van der Waals surface area contributed by atoms with Crippen molar-refractivity contribution in [1.29, 1.82) is 0 Å². The normalized spacial score (nSPS) is 15.0. The standard InChI is InChI=1S/C16H14O5/c17-13(11-14-8-9-15(18)21-14)7-4-10-20-16(19)12-5-2-1-3-6-12/h1-3,5-6,8-9,11H,4,7,10H2. The number of rotatable bonds is 6. The molecule has 0 aliphatic carbocycles. The molecule has 1 aromatic carbocycles. The van der Waals surface area contributed by atoms with Crippen molar-refractivity contribution in [3.63, 3.8) is 0 Å². The topological polar surface area (TPSA) is 69.7 Å². The van der Waals surface area contributed by atoms with E-state index in [4.69, 9.17) is 9.47 Å². The van der Waals surface area contributed by atoms with Crippen LogP contribution in [0.3, 0.4) is 0 Å². The molecular weight excluding hydrogens is 272 g/mol. The lowest BCUT2D eigenvalue weighted by atomic mass is 10.2. The summed E-state index contributed by atoms with van der Waals surface area (Å²) >= 11 is 0. The second-order valence-corrected chi connectivity index (χ2v) is 4.37. The van der Waals surface area contributed by atoms with E-state index in [0.29, 0.717) is 12.0 Å². The summed E-state index contributed by atoms with van der Waals surface area (Å²) in [5.41, 5.74) is 0.481. The van der Waals surface area contributed by atoms with Gasteiger partial charge in [-0.1, -0.05) is 18.2 Å². The highest BCUT2D eigenvalue weighted by Gasteiger charge is 2.11. The summed E-state index contributed by atoms with van der Waals surface area (Å²) in [6.07, 6.45) is 4.59. The van der Waals surface area contributed by atoms with Crippen LogP contribution in [-0.4, -0.2) is 24.3 Å². The fraction of sp³-hybridized carbons (Fsp3) is 0.188. The van der Waals surface area contributed by atoms with Crippen molar-refractivity contribution in [2.24, 2.45) is 0 Å². The number of cyclic esters (lactones) is 1. The van der Waals surface area contributed by atoms with Gasteiger partial charge in [0.05, 0.1) is 12.2 Å². The molecule has 108 valence electrons. The molecule has 1 aliphatic rings. The lowest BCUT2D eigenvalue weighted by molar-refractivity contribution is -0.132. The zero-order chi connectivity index (χ0) is 15.1. The van der Waals surface area contributed by atoms with Gasteiger partial charge in [0.15, 0.2) is 5.78 Å². The third kappa shape index (κ3) is 4.72. The molecule has 21 heavy (non-hydrogen) atoms. The second-order valence-electron chi connectivity index (χ2n) is 4.37. The van der Waals surface area contributed by atoms with Gasteiger partial charge in [-0.3, -0.25) is 4.79 Å². The molecule has 0 bridgehead atoms. The fourth-order valence-electron chi connectivity index (χ4n) is 1.71. The van der Waals surface area contributed by atoms with Crippen molar-refractivity contribution in [3.8, 4) is 0 Å². The van der Waals surface area contributed by atoms with Gasteiger partial charge in [0.25, 0.3) is 0 Å². The Balaban J connectivity index is 1.68. The van der Waals surface area contributed by atoms with E-state index in [1.165, 1.54) is 18.2 Å². The number of benzene rings is 1. The van der Waals surface area contributed by atoms with E-state index in [9.17, 15) is 14.4 Å². The van der Waals surface area contributed by atoms with Crippen molar-refractivity contribution < 1.29 is 23.9 Å². The van der Waals surface area contributed by atoms with Gasteiger partial charge >= 0.3 is 11.9 Å². The third-order valence-corrected chi connectivity index (χ3v) is 2.72. The smallest absolute Gasteiger partial charge is 0.338 e. The maximum atomic E-state index is 11.6. The molecular formula is C16H14O5. The van der Waals surface area contributed by atoms with E-state index in [-0.39, 0.29) is 24.6 Å². The Morgan fingerprint density at radius 1 is 1.14 bits per heavy atom. The van der Waals surface area contributed by atoms with E-state index in [1.54, 1.807) is 24.3 Å². The van der Waals surface area contributed by atoms with Crippen LogP contribution >= 0.6 is 0 Å². The predicted molar refractivity (Wildman–Crippen MR) is 74.3 cm³/mol. The summed E-state index contributed by atoms with van der Waals surface area (Å²) in [5.74, 6) is -0.828. The Bertz CT molecular complexity index is 598. The van der Waals surface area contributed by atoms with E-state index >= 15 is 0 Å². The van der Waals surface area contributed by atoms with E-state index in [2.05, 4.69) is 0 Å². The van der Waals surface area contributed by atoms with E-state index in [1.807, 2.05) is 6.07 Å². The molecule has 0 radical (unpaired) electrons. The number of hydrogen-bond donors (Lipinski definition) is 0. The first-order valence-corrected chi connectivity index (χ1v) is 6.52. The SMILES string of the molecule is O=C(C=C1C=CC(=O)O1)CCCOC(=O)c1ccccc1. The van der Waals surface area contributed by atoms with Gasteiger partial charge in [-0.15, -0.1) is 0 Å². The number of esters is 2. The van der Waals surface area contributed by atoms with Crippen molar-refractivity contribution in [2.75, 3.05) is 6.61 Å². The molecule has 0 fully saturated rings. The van der Waals surface area contributed by atoms with Gasteiger partial charge in [0.2, 0.25) is 0 Å². The molecule has 0 spiro atoms. The number of allylic oxidation sites excluding steroid dienone is 2. The van der Waals surface area contributed by atoms with Crippen LogP contribution in [0.1, 0.15) is 23.2 Å². The van der Waals surface area contributed by atoms with Gasteiger partial charge in [0.1, 0.15) is 5.76 Å². The summed E-state index contributed by atoms with van der Waals surface area (Å²) in [6, 6.07) is 8.65. The molecule has 0 N–H and O–H groups in total. The van der Waals surface area contributed by atoms with E-state index in [0.717, 1.165) is 0 Å². The summed E-state index contributed by atoms with van der Waals surface area (Å²) in [7, 11) is 0. The Hall–Kier alpha value is -2.69. The highest BCUT2D eigenvalue weighted by Crippen LogP contribution is 2.10. The predicted octanol–water partition coefficient (Wildman–Crippen LogP) is 2.19. The molecule has 0 atom stereocenters. The van der Waals surface area contributed by atoms with Crippen LogP contribution in [0, 0.1) is 0 Å². The maximum absolute atomic E-state index is 11.6. The number of ether oxygens (including phenoxy) is 2. The molecule has 0 saturated carbocycles. The average molecular weight is 286 g/mol. The molecule has 1 aliphatic heterocycles. The molecule has 2 rings (SSSR count). The molecule has 1 aromatic rings. The Kier molecular flexibility index (Phi) is 5.04. The zero-order valence-corrected chi connectivity index (χ0v) is 11.3. The first kappa shape index (κ1) is 14.7. The third-order valence-electron chi connectivity index (χ3n) is 2.72. The molecule has 5 heteroatoms. The van der Waals surface area contributed by atoms with Crippen LogP contribution in [0.15, 0.2) is 54.3 Å². The van der Waals surface area contributed by atoms with Crippen LogP contribution in [0.5, 0.6) is 0 Å². The molecule has 0 saturated heterocycles. The molecule has 1 heterocycles. The van der Waals surface area contributed by atoms with Crippen molar-refractivity contribution in [1.82, 2.24) is 0 Å². The molecule has 0 amide bonds. The van der Waals surface area contributed by atoms with Crippen LogP contribution in [-0.2, 0) is 19.1 Å². The van der Waals surface area contributed by atoms with E-state index < -0.39 is 11.9 Å². The average Bonchev–Trinajstić information content (AvgIpc) is 2.89. The monoisotopic (exact) mass is 286 g/mol. The van der Waals surface area contributed by atoms with Crippen molar-refractivity contribution >= 4 is 17.7 Å². The zero-order valence-electron chi connectivity index (χ0n) is 11.3. The largest absolute Gasteiger partial charge is 0.462 e. The first-order chi connectivity index (χ1) is 10.1. The number of carbonyl (C=O) groups excluding carboxylic acids is 3. The Morgan fingerprint density at radius 3 is 2.57 bits per heavy atom. The van der Waals surface area contributed by atoms with Gasteiger partial charge in [-0.05, 0) is 24.6 Å². The molecule has 0 aromatic heterocycles. The maximum Gasteiger partial charge on any atom is 0.338 e. The van der Waals surface area contributed by atoms with Crippen LogP contribution in [0.2, 0.25) is 0 Å². The lowest BCUT2D eigenvalue weighted by Gasteiger charge is -2.03. The summed E-state index contributed by atoms with van der Waals surface area (Å²) in [4.78, 5) is 34.0. The minimum Gasteiger partial charge on any atom is -0.462 e. The van der Waals surface area contributed by atoms with Crippen molar-refractivity contribution in [3.05, 3.63) is 59.9 Å². The fourth-order valence-corrected chi connectivity index (χ4v) is 1.71. The quantitative estimate of drug-likeness (QED) is 0.455. The van der Waals surface area contributed by atoms with Gasteiger partial charge < -0.3 is 9.47 Å². The number of hydrogen-bond acceptors (Lipinski definition) is 5. The van der Waals surface area contributed by atoms with Gasteiger partial charge in [0, 0.05) is 18.6 Å². The van der Waals surface area contributed by atoms with Crippen LogP contribution in [0.25, 0.3) is 0 Å². The molecule has 5 nitrogen and oxygen atoms in total. The first-order valence-electron chi connectivity index (χ1n) is 6.52. The van der Waals surface area contributed by atoms with Gasteiger partial charge in [-0.25, -0.2) is 9.59 Å². The van der Waals surface area contributed by atoms with Gasteiger partial charge in [-0.2, -0.15) is 0 Å². The lowest BCUT2D eigenvalue weighted by Crippen LogP contribution is -2.07. The highest BCUT2D eigenvalue weighted by molar-refractivity contribution is 5.93. The summed E-state index contributed by atoms with van der Waals surface area (Å²) in [5, 5.41) is 0. The van der Waals surface area contributed by atoms with Crippen LogP contribution < -0.4 is 0 Å². The molecule has 0 unspecified atom stereocenters. The van der Waals surface area contributed by atoms with Crippen molar-refractivity contribution in [2.45, 2.75) is 12.8 Å². The highest BCUT2D eigenvalue weighted by atomic mass is 16.5. The minimum atomic E-state index is -0.481. The van der Waals surface area contributed by atoms with Crippen LogP contribution in [0.4, 0.5) is 0 Å². The number of carbonyl (C=O) groups is 3. The Labute approximate surface area is 121 Å². The summed E-state index contributed by atoms with van der Waals surface area (Å²) < 4.78 is 9.79. The number of ketones is 1.